The van der Waals surface area contributed by atoms with Gasteiger partial charge in [0, 0.05) is 18.7 Å². The molecule has 0 heterocycles. The molecule has 0 bridgehead atoms. The summed E-state index contributed by atoms with van der Waals surface area (Å²) in [6.07, 6.45) is 2.46. The van der Waals surface area contributed by atoms with E-state index >= 15 is 0 Å². The molecule has 1 aromatic carbocycles. The van der Waals surface area contributed by atoms with Gasteiger partial charge in [-0.3, -0.25) is 9.59 Å². The van der Waals surface area contributed by atoms with Gasteiger partial charge in [-0.1, -0.05) is 32.1 Å². The SMILES string of the molecule is C=CCCOC(C)C(=O)NCc1cccc(NC(=O)CC(C)C)c1. The fourth-order valence-corrected chi connectivity index (χ4v) is 2.08. The van der Waals surface area contributed by atoms with Crippen LogP contribution in [0.3, 0.4) is 0 Å². The van der Waals surface area contributed by atoms with Crippen LogP contribution in [0.2, 0.25) is 0 Å². The summed E-state index contributed by atoms with van der Waals surface area (Å²) in [4.78, 5) is 23.8. The van der Waals surface area contributed by atoms with Crippen LogP contribution in [0.4, 0.5) is 5.69 Å². The lowest BCUT2D eigenvalue weighted by Crippen LogP contribution is -2.34. The Balaban J connectivity index is 2.48. The molecule has 0 saturated carbocycles. The van der Waals surface area contributed by atoms with Crippen molar-refractivity contribution in [2.24, 2.45) is 5.92 Å². The maximum absolute atomic E-state index is 12.0. The van der Waals surface area contributed by atoms with Crippen LogP contribution in [0.15, 0.2) is 36.9 Å². The third kappa shape index (κ3) is 7.92. The summed E-state index contributed by atoms with van der Waals surface area (Å²) in [5.74, 6) is 0.152. The van der Waals surface area contributed by atoms with E-state index in [1.54, 1.807) is 13.0 Å². The molecule has 5 nitrogen and oxygen atoms in total. The van der Waals surface area contributed by atoms with E-state index in [1.165, 1.54) is 0 Å². The zero-order valence-electron chi connectivity index (χ0n) is 14.8. The van der Waals surface area contributed by atoms with E-state index in [0.717, 1.165) is 17.7 Å². The number of rotatable bonds is 10. The van der Waals surface area contributed by atoms with Gasteiger partial charge in [0.15, 0.2) is 0 Å². The standard InChI is InChI=1S/C19H28N2O3/c1-5-6-10-24-15(4)19(23)20-13-16-8-7-9-17(12-16)21-18(22)11-14(2)3/h5,7-9,12,14-15H,1,6,10-11,13H2,2-4H3,(H,20,23)(H,21,22). The van der Waals surface area contributed by atoms with Crippen molar-refractivity contribution >= 4 is 17.5 Å². The average molecular weight is 332 g/mol. The summed E-state index contributed by atoms with van der Waals surface area (Å²) >= 11 is 0. The molecule has 1 aromatic rings. The lowest BCUT2D eigenvalue weighted by molar-refractivity contribution is -0.131. The third-order valence-corrected chi connectivity index (χ3v) is 3.33. The van der Waals surface area contributed by atoms with Crippen LogP contribution in [0.1, 0.15) is 39.2 Å². The van der Waals surface area contributed by atoms with Crippen molar-refractivity contribution in [3.8, 4) is 0 Å². The first-order valence-electron chi connectivity index (χ1n) is 8.31. The van der Waals surface area contributed by atoms with E-state index < -0.39 is 6.10 Å². The van der Waals surface area contributed by atoms with Crippen molar-refractivity contribution in [3.63, 3.8) is 0 Å². The second kappa shape index (κ2) is 10.6. The van der Waals surface area contributed by atoms with E-state index in [2.05, 4.69) is 17.2 Å². The van der Waals surface area contributed by atoms with Crippen molar-refractivity contribution in [3.05, 3.63) is 42.5 Å². The van der Waals surface area contributed by atoms with Crippen LogP contribution < -0.4 is 10.6 Å². The zero-order valence-corrected chi connectivity index (χ0v) is 14.8. The minimum Gasteiger partial charge on any atom is -0.368 e. The Kier molecular flexibility index (Phi) is 8.79. The van der Waals surface area contributed by atoms with Gasteiger partial charge in [0.1, 0.15) is 6.10 Å². The molecule has 2 amide bonds. The van der Waals surface area contributed by atoms with Crippen LogP contribution >= 0.6 is 0 Å². The molecule has 0 spiro atoms. The van der Waals surface area contributed by atoms with Gasteiger partial charge < -0.3 is 15.4 Å². The Bertz CT molecular complexity index is 555. The molecule has 0 aliphatic rings. The van der Waals surface area contributed by atoms with Crippen molar-refractivity contribution in [2.45, 2.75) is 46.3 Å². The molecule has 0 aromatic heterocycles. The Morgan fingerprint density at radius 3 is 2.71 bits per heavy atom. The Hall–Kier alpha value is -2.14. The highest BCUT2D eigenvalue weighted by Gasteiger charge is 2.12. The molecule has 5 heteroatoms. The fourth-order valence-electron chi connectivity index (χ4n) is 2.08. The first kappa shape index (κ1) is 19.9. The number of hydrogen-bond donors (Lipinski definition) is 2. The molecular formula is C19H28N2O3. The van der Waals surface area contributed by atoms with Crippen molar-refractivity contribution < 1.29 is 14.3 Å². The summed E-state index contributed by atoms with van der Waals surface area (Å²) in [5.41, 5.74) is 1.66. The van der Waals surface area contributed by atoms with Crippen molar-refractivity contribution in [1.82, 2.24) is 5.32 Å². The first-order chi connectivity index (χ1) is 11.4. The molecule has 0 aliphatic carbocycles. The van der Waals surface area contributed by atoms with Gasteiger partial charge in [0.2, 0.25) is 11.8 Å². The van der Waals surface area contributed by atoms with Crippen LogP contribution in [0.5, 0.6) is 0 Å². The predicted octanol–water partition coefficient (Wildman–Crippen LogP) is 3.27. The lowest BCUT2D eigenvalue weighted by atomic mass is 10.1. The Labute approximate surface area is 144 Å². The highest BCUT2D eigenvalue weighted by Crippen LogP contribution is 2.12. The van der Waals surface area contributed by atoms with Gasteiger partial charge in [0.25, 0.3) is 0 Å². The fraction of sp³-hybridized carbons (Fsp3) is 0.474. The zero-order chi connectivity index (χ0) is 17.9. The van der Waals surface area contributed by atoms with E-state index in [0.29, 0.717) is 25.5 Å². The number of anilines is 1. The van der Waals surface area contributed by atoms with Gasteiger partial charge in [-0.2, -0.15) is 0 Å². The summed E-state index contributed by atoms with van der Waals surface area (Å²) in [5, 5.41) is 5.71. The second-order valence-electron chi connectivity index (χ2n) is 6.15. The van der Waals surface area contributed by atoms with Gasteiger partial charge in [0.05, 0.1) is 6.61 Å². The van der Waals surface area contributed by atoms with Crippen LogP contribution in [-0.4, -0.2) is 24.5 Å². The number of carbonyl (C=O) groups is 2. The average Bonchev–Trinajstić information content (AvgIpc) is 2.52. The molecule has 0 radical (unpaired) electrons. The van der Waals surface area contributed by atoms with Crippen molar-refractivity contribution in [2.75, 3.05) is 11.9 Å². The molecule has 0 aliphatic heterocycles. The summed E-state index contributed by atoms with van der Waals surface area (Å²) in [6.45, 7) is 10.2. The monoisotopic (exact) mass is 332 g/mol. The van der Waals surface area contributed by atoms with Gasteiger partial charge in [-0.05, 0) is 37.0 Å². The molecule has 2 N–H and O–H groups in total. The number of hydrogen-bond acceptors (Lipinski definition) is 3. The van der Waals surface area contributed by atoms with Crippen LogP contribution in [0.25, 0.3) is 0 Å². The van der Waals surface area contributed by atoms with Crippen LogP contribution in [-0.2, 0) is 20.9 Å². The minimum atomic E-state index is -0.501. The quantitative estimate of drug-likeness (QED) is 0.510. The topological polar surface area (TPSA) is 67.4 Å². The van der Waals surface area contributed by atoms with Gasteiger partial charge in [-0.15, -0.1) is 6.58 Å². The number of benzene rings is 1. The molecule has 24 heavy (non-hydrogen) atoms. The Morgan fingerprint density at radius 2 is 2.04 bits per heavy atom. The lowest BCUT2D eigenvalue weighted by Gasteiger charge is -2.13. The molecule has 132 valence electrons. The van der Waals surface area contributed by atoms with E-state index in [1.807, 2.05) is 38.1 Å². The summed E-state index contributed by atoms with van der Waals surface area (Å²) in [6, 6.07) is 7.46. The molecular weight excluding hydrogens is 304 g/mol. The normalized spacial score (nSPS) is 11.8. The maximum atomic E-state index is 12.0. The molecule has 0 fully saturated rings. The smallest absolute Gasteiger partial charge is 0.249 e. The minimum absolute atomic E-state index is 0.00423. The highest BCUT2D eigenvalue weighted by atomic mass is 16.5. The number of nitrogens with one attached hydrogen (secondary N) is 2. The van der Waals surface area contributed by atoms with Gasteiger partial charge in [-0.25, -0.2) is 0 Å². The first-order valence-corrected chi connectivity index (χ1v) is 8.31. The third-order valence-electron chi connectivity index (χ3n) is 3.33. The Morgan fingerprint density at radius 1 is 1.29 bits per heavy atom. The van der Waals surface area contributed by atoms with Crippen molar-refractivity contribution in [1.29, 1.82) is 0 Å². The summed E-state index contributed by atoms with van der Waals surface area (Å²) < 4.78 is 5.41. The van der Waals surface area contributed by atoms with Gasteiger partial charge >= 0.3 is 0 Å². The predicted molar refractivity (Wildman–Crippen MR) is 96.6 cm³/mol. The highest BCUT2D eigenvalue weighted by molar-refractivity contribution is 5.90. The molecule has 1 rings (SSSR count). The second-order valence-corrected chi connectivity index (χ2v) is 6.15. The number of ether oxygens (including phenoxy) is 1. The van der Waals surface area contributed by atoms with E-state index in [-0.39, 0.29) is 11.8 Å². The number of carbonyl (C=O) groups excluding carboxylic acids is 2. The largest absolute Gasteiger partial charge is 0.368 e. The number of amides is 2. The molecule has 1 unspecified atom stereocenters. The summed E-state index contributed by atoms with van der Waals surface area (Å²) in [7, 11) is 0. The maximum Gasteiger partial charge on any atom is 0.249 e. The van der Waals surface area contributed by atoms with E-state index in [4.69, 9.17) is 4.74 Å². The van der Waals surface area contributed by atoms with E-state index in [9.17, 15) is 9.59 Å². The molecule has 1 atom stereocenters. The van der Waals surface area contributed by atoms with Crippen LogP contribution in [0, 0.1) is 5.92 Å². The molecule has 0 saturated heterocycles.